The number of rotatable bonds is 4. The molecule has 1 aromatic carbocycles. The van der Waals surface area contributed by atoms with E-state index >= 15 is 0 Å². The van der Waals surface area contributed by atoms with Gasteiger partial charge < -0.3 is 14.7 Å². The van der Waals surface area contributed by atoms with E-state index in [1.165, 1.54) is 5.56 Å². The number of carbonyl (C=O) groups excluding carboxylic acids is 1. The van der Waals surface area contributed by atoms with E-state index in [9.17, 15) is 9.90 Å². The number of benzene rings is 1. The lowest BCUT2D eigenvalue weighted by atomic mass is 9.74. The number of halogens is 1. The van der Waals surface area contributed by atoms with E-state index in [0.717, 1.165) is 50.0 Å². The zero-order valence-corrected chi connectivity index (χ0v) is 17.9. The van der Waals surface area contributed by atoms with E-state index in [-0.39, 0.29) is 30.5 Å². The average molecular weight is 452 g/mol. The topological polar surface area (TPSA) is 56.2 Å². The molecule has 1 N–H and O–H groups in total. The van der Waals surface area contributed by atoms with Crippen LogP contribution < -0.4 is 0 Å². The minimum atomic E-state index is 0.153. The van der Waals surface area contributed by atoms with E-state index in [1.54, 1.807) is 0 Å². The molecule has 0 aliphatic carbocycles. The third-order valence-corrected chi connectivity index (χ3v) is 6.97. The van der Waals surface area contributed by atoms with Crippen LogP contribution in [0.25, 0.3) is 0 Å². The summed E-state index contributed by atoms with van der Waals surface area (Å²) in [4.78, 5) is 19.7. The quantitative estimate of drug-likeness (QED) is 0.751. The zero-order valence-electron chi connectivity index (χ0n) is 16.3. The molecule has 3 aliphatic heterocycles. The summed E-state index contributed by atoms with van der Waals surface area (Å²) in [7, 11) is 0. The van der Waals surface area contributed by atoms with Gasteiger partial charge in [0, 0.05) is 48.7 Å². The van der Waals surface area contributed by atoms with Gasteiger partial charge in [0.2, 0.25) is 5.91 Å². The van der Waals surface area contributed by atoms with Gasteiger partial charge in [-0.05, 0) is 37.1 Å². The summed E-state index contributed by atoms with van der Waals surface area (Å²) in [5.74, 6) is 0.501. The highest BCUT2D eigenvalue weighted by Gasteiger charge is 2.49. The fourth-order valence-electron chi connectivity index (χ4n) is 4.90. The van der Waals surface area contributed by atoms with E-state index in [0.29, 0.717) is 19.8 Å². The molecule has 6 nitrogen and oxygen atoms in total. The first-order valence-corrected chi connectivity index (χ1v) is 11.2. The lowest BCUT2D eigenvalue weighted by molar-refractivity contribution is -0.138. The maximum Gasteiger partial charge on any atom is 0.236 e. The maximum absolute atomic E-state index is 13.0. The van der Waals surface area contributed by atoms with Crippen LogP contribution in [-0.2, 0) is 9.53 Å². The van der Waals surface area contributed by atoms with Crippen LogP contribution in [0.3, 0.4) is 0 Å². The minimum Gasteiger partial charge on any atom is -0.395 e. The summed E-state index contributed by atoms with van der Waals surface area (Å²) in [6.07, 6.45) is 2.10. The molecule has 0 saturated carbocycles. The van der Waals surface area contributed by atoms with E-state index in [2.05, 4.69) is 54.9 Å². The number of fused-ring (bicyclic) bond motifs is 1. The zero-order chi connectivity index (χ0) is 19.5. The summed E-state index contributed by atoms with van der Waals surface area (Å²) in [5.41, 5.74) is 1.25. The Morgan fingerprint density at radius 2 is 1.82 bits per heavy atom. The van der Waals surface area contributed by atoms with Gasteiger partial charge in [-0.1, -0.05) is 28.1 Å². The highest BCUT2D eigenvalue weighted by molar-refractivity contribution is 9.10. The highest BCUT2D eigenvalue weighted by Crippen LogP contribution is 2.42. The van der Waals surface area contributed by atoms with Crippen LogP contribution in [-0.4, -0.2) is 96.9 Å². The normalized spacial score (nSPS) is 29.5. The Kier molecular flexibility index (Phi) is 6.68. The van der Waals surface area contributed by atoms with Gasteiger partial charge in [-0.3, -0.25) is 14.6 Å². The molecule has 0 aromatic heterocycles. The number of aliphatic hydroxyl groups excluding tert-OH is 1. The Hall–Kier alpha value is -0.990. The summed E-state index contributed by atoms with van der Waals surface area (Å²) in [5, 5.41) is 10.0. The first kappa shape index (κ1) is 20.3. The first-order valence-electron chi connectivity index (χ1n) is 10.4. The predicted octanol–water partition coefficient (Wildman–Crippen LogP) is 1.53. The molecular formula is C21H30BrN3O3. The fourth-order valence-corrected chi connectivity index (χ4v) is 5.17. The van der Waals surface area contributed by atoms with Crippen LogP contribution in [0, 0.1) is 0 Å². The van der Waals surface area contributed by atoms with Crippen molar-refractivity contribution in [2.24, 2.45) is 0 Å². The molecule has 0 spiro atoms. The van der Waals surface area contributed by atoms with Crippen molar-refractivity contribution in [2.45, 2.75) is 30.8 Å². The molecule has 3 heterocycles. The smallest absolute Gasteiger partial charge is 0.236 e. The van der Waals surface area contributed by atoms with Crippen LogP contribution in [0.4, 0.5) is 0 Å². The predicted molar refractivity (Wildman–Crippen MR) is 111 cm³/mol. The number of hydrogen-bond acceptors (Lipinski definition) is 5. The molecule has 3 atom stereocenters. The molecule has 4 rings (SSSR count). The van der Waals surface area contributed by atoms with Gasteiger partial charge in [0.15, 0.2) is 0 Å². The van der Waals surface area contributed by atoms with Crippen molar-refractivity contribution >= 4 is 21.8 Å². The molecule has 0 bridgehead atoms. The summed E-state index contributed by atoms with van der Waals surface area (Å²) in [6, 6.07) is 8.86. The fraction of sp³-hybridized carbons (Fsp3) is 0.667. The molecule has 3 aliphatic rings. The third kappa shape index (κ3) is 4.28. The Bertz CT molecular complexity index is 665. The molecule has 7 heteroatoms. The van der Waals surface area contributed by atoms with Crippen molar-refractivity contribution in [1.82, 2.24) is 14.7 Å². The standard InChI is InChI=1S/C21H30BrN3O3/c22-17-5-3-16(4-6-17)21-18-13-24(7-1-2-8-25(18)19(21)15-26)20(27)14-23-9-11-28-12-10-23/h3-6,18-19,21,26H,1-2,7-15H2/t18-,19-,21+/m1/s1. The molecule has 1 amide bonds. The van der Waals surface area contributed by atoms with Gasteiger partial charge in [0.25, 0.3) is 0 Å². The highest BCUT2D eigenvalue weighted by atomic mass is 79.9. The van der Waals surface area contributed by atoms with E-state index < -0.39 is 0 Å². The monoisotopic (exact) mass is 451 g/mol. The Morgan fingerprint density at radius 1 is 1.11 bits per heavy atom. The third-order valence-electron chi connectivity index (χ3n) is 6.44. The van der Waals surface area contributed by atoms with E-state index in [1.807, 2.05) is 0 Å². The largest absolute Gasteiger partial charge is 0.395 e. The number of ether oxygens (including phenoxy) is 1. The Morgan fingerprint density at radius 3 is 2.54 bits per heavy atom. The van der Waals surface area contributed by atoms with Crippen LogP contribution in [0.5, 0.6) is 0 Å². The van der Waals surface area contributed by atoms with Gasteiger partial charge >= 0.3 is 0 Å². The minimum absolute atomic E-state index is 0.153. The van der Waals surface area contributed by atoms with Crippen molar-refractivity contribution in [3.05, 3.63) is 34.3 Å². The number of morpholine rings is 1. The molecule has 3 saturated heterocycles. The van der Waals surface area contributed by atoms with Crippen LogP contribution in [0.2, 0.25) is 0 Å². The molecule has 154 valence electrons. The van der Waals surface area contributed by atoms with Crippen LogP contribution in [0.15, 0.2) is 28.7 Å². The van der Waals surface area contributed by atoms with Gasteiger partial charge in [0.1, 0.15) is 0 Å². The summed E-state index contributed by atoms with van der Waals surface area (Å²) >= 11 is 3.51. The molecule has 3 fully saturated rings. The lowest BCUT2D eigenvalue weighted by Gasteiger charge is -2.57. The number of amides is 1. The van der Waals surface area contributed by atoms with Crippen LogP contribution >= 0.6 is 15.9 Å². The molecule has 1 aromatic rings. The number of aliphatic hydroxyl groups is 1. The van der Waals surface area contributed by atoms with E-state index in [4.69, 9.17) is 4.74 Å². The van der Waals surface area contributed by atoms with Crippen LogP contribution in [0.1, 0.15) is 24.3 Å². The second-order valence-electron chi connectivity index (χ2n) is 8.07. The first-order chi connectivity index (χ1) is 13.7. The number of carbonyl (C=O) groups is 1. The molecule has 0 unspecified atom stereocenters. The molecular weight excluding hydrogens is 422 g/mol. The molecule has 28 heavy (non-hydrogen) atoms. The van der Waals surface area contributed by atoms with Crippen molar-refractivity contribution in [3.8, 4) is 0 Å². The Labute approximate surface area is 175 Å². The van der Waals surface area contributed by atoms with Gasteiger partial charge in [-0.25, -0.2) is 0 Å². The van der Waals surface area contributed by atoms with Crippen molar-refractivity contribution in [2.75, 3.05) is 59.1 Å². The number of hydrogen-bond donors (Lipinski definition) is 1. The SMILES string of the molecule is O=C(CN1CCOCC1)N1CCCCN2[C@H](CO)[C@@H](c3ccc(Br)cc3)[C@H]2C1. The summed E-state index contributed by atoms with van der Waals surface area (Å²) in [6.45, 7) is 6.36. The maximum atomic E-state index is 13.0. The van der Waals surface area contributed by atoms with Crippen molar-refractivity contribution in [1.29, 1.82) is 0 Å². The van der Waals surface area contributed by atoms with Crippen molar-refractivity contribution < 1.29 is 14.6 Å². The summed E-state index contributed by atoms with van der Waals surface area (Å²) < 4.78 is 6.46. The number of nitrogens with zero attached hydrogens (tertiary/aromatic N) is 3. The van der Waals surface area contributed by atoms with Crippen molar-refractivity contribution in [3.63, 3.8) is 0 Å². The molecule has 0 radical (unpaired) electrons. The van der Waals surface area contributed by atoms with Gasteiger partial charge in [-0.2, -0.15) is 0 Å². The Balaban J connectivity index is 1.47. The second-order valence-corrected chi connectivity index (χ2v) is 8.98. The van der Waals surface area contributed by atoms with Gasteiger partial charge in [0.05, 0.1) is 26.4 Å². The second kappa shape index (κ2) is 9.22. The van der Waals surface area contributed by atoms with Gasteiger partial charge in [-0.15, -0.1) is 0 Å². The average Bonchev–Trinajstić information content (AvgIpc) is 2.69. The lowest BCUT2D eigenvalue weighted by Crippen LogP contribution is -2.68.